The Labute approximate surface area is 81.4 Å². The fourth-order valence-corrected chi connectivity index (χ4v) is 1.67. The maximum atomic E-state index is 2.31. The Hall–Kier alpha value is -0.850. The topological polar surface area (TPSA) is 3.88 Å². The van der Waals surface area contributed by atoms with Crippen molar-refractivity contribution in [3.8, 4) is 0 Å². The summed E-state index contributed by atoms with van der Waals surface area (Å²) >= 11 is 0. The first-order valence-corrected chi connectivity index (χ1v) is 5.19. The molecule has 1 heterocycles. The molecule has 0 aliphatic rings. The van der Waals surface area contributed by atoms with Crippen molar-refractivity contribution in [3.05, 3.63) is 29.6 Å². The Bertz CT molecular complexity index is 246. The normalized spacial score (nSPS) is 10.4. The van der Waals surface area contributed by atoms with Gasteiger partial charge in [0, 0.05) is 17.5 Å². The zero-order valence-corrected chi connectivity index (χ0v) is 9.01. The van der Waals surface area contributed by atoms with Crippen LogP contribution in [0.3, 0.4) is 0 Å². The van der Waals surface area contributed by atoms with E-state index in [2.05, 4.69) is 43.8 Å². The van der Waals surface area contributed by atoms with Crippen LogP contribution in [0.1, 0.15) is 37.3 Å². The highest BCUT2D eigenvalue weighted by Gasteiger charge is 2.01. The third kappa shape index (κ3) is 3.58. The second kappa shape index (κ2) is 5.00. The Balaban J connectivity index is 2.56. The van der Waals surface area contributed by atoms with Gasteiger partial charge in [-0.25, -0.2) is 4.57 Å². The van der Waals surface area contributed by atoms with Gasteiger partial charge >= 0.3 is 0 Å². The lowest BCUT2D eigenvalue weighted by Gasteiger charge is -1.99. The van der Waals surface area contributed by atoms with E-state index in [1.807, 2.05) is 0 Å². The molecule has 0 fully saturated rings. The SMILES string of the molecule is CCCCC[n+]1cc(C)cc(C)c1. The first-order valence-electron chi connectivity index (χ1n) is 5.19. The summed E-state index contributed by atoms with van der Waals surface area (Å²) < 4.78 is 2.31. The largest absolute Gasteiger partial charge is 0.205 e. The maximum Gasteiger partial charge on any atom is 0.171 e. The molecule has 1 rings (SSSR count). The molecule has 0 aromatic carbocycles. The van der Waals surface area contributed by atoms with Crippen LogP contribution in [-0.4, -0.2) is 0 Å². The standard InChI is InChI=1S/C12H20N/c1-4-5-6-7-13-9-11(2)8-12(3)10-13/h8-10H,4-7H2,1-3H3/q+1. The quantitative estimate of drug-likeness (QED) is 0.493. The molecule has 0 saturated heterocycles. The predicted octanol–water partition coefficient (Wildman–Crippen LogP) is 2.78. The summed E-state index contributed by atoms with van der Waals surface area (Å²) in [5.41, 5.74) is 2.72. The van der Waals surface area contributed by atoms with Gasteiger partial charge in [0.2, 0.25) is 0 Å². The van der Waals surface area contributed by atoms with Crippen molar-refractivity contribution in [2.45, 2.75) is 46.6 Å². The minimum absolute atomic E-state index is 1.16. The average molecular weight is 178 g/mol. The molecule has 0 aliphatic carbocycles. The molecule has 0 spiro atoms. The van der Waals surface area contributed by atoms with Crippen molar-refractivity contribution in [2.24, 2.45) is 0 Å². The van der Waals surface area contributed by atoms with Crippen molar-refractivity contribution in [1.29, 1.82) is 0 Å². The molecular weight excluding hydrogens is 158 g/mol. The van der Waals surface area contributed by atoms with Gasteiger partial charge in [-0.3, -0.25) is 0 Å². The Morgan fingerprint density at radius 1 is 1.08 bits per heavy atom. The summed E-state index contributed by atoms with van der Waals surface area (Å²) in [5.74, 6) is 0. The molecule has 0 unspecified atom stereocenters. The van der Waals surface area contributed by atoms with Crippen LogP contribution in [0.15, 0.2) is 18.5 Å². The molecule has 0 bridgehead atoms. The monoisotopic (exact) mass is 178 g/mol. The van der Waals surface area contributed by atoms with Gasteiger partial charge < -0.3 is 0 Å². The first-order chi connectivity index (χ1) is 6.22. The van der Waals surface area contributed by atoms with Crippen molar-refractivity contribution in [3.63, 3.8) is 0 Å². The average Bonchev–Trinajstić information content (AvgIpc) is 2.03. The minimum atomic E-state index is 1.16. The van der Waals surface area contributed by atoms with Gasteiger partial charge in [0.05, 0.1) is 0 Å². The number of hydrogen-bond acceptors (Lipinski definition) is 0. The van der Waals surface area contributed by atoms with Gasteiger partial charge in [0.1, 0.15) is 6.54 Å². The van der Waals surface area contributed by atoms with E-state index in [4.69, 9.17) is 0 Å². The second-order valence-electron chi connectivity index (χ2n) is 3.84. The molecule has 0 aliphatic heterocycles. The minimum Gasteiger partial charge on any atom is -0.205 e. The van der Waals surface area contributed by atoms with Gasteiger partial charge in [-0.05, 0) is 26.3 Å². The van der Waals surface area contributed by atoms with Crippen LogP contribution in [0.25, 0.3) is 0 Å². The fourth-order valence-electron chi connectivity index (χ4n) is 1.67. The number of rotatable bonds is 4. The fraction of sp³-hybridized carbons (Fsp3) is 0.583. The second-order valence-corrected chi connectivity index (χ2v) is 3.84. The van der Waals surface area contributed by atoms with E-state index < -0.39 is 0 Å². The number of aromatic nitrogens is 1. The molecule has 72 valence electrons. The Morgan fingerprint density at radius 3 is 2.23 bits per heavy atom. The van der Waals surface area contributed by atoms with E-state index >= 15 is 0 Å². The van der Waals surface area contributed by atoms with Crippen LogP contribution in [0.4, 0.5) is 0 Å². The number of pyridine rings is 1. The van der Waals surface area contributed by atoms with Gasteiger partial charge in [0.15, 0.2) is 12.4 Å². The van der Waals surface area contributed by atoms with Crippen LogP contribution in [0.2, 0.25) is 0 Å². The predicted molar refractivity (Wildman–Crippen MR) is 55.6 cm³/mol. The summed E-state index contributed by atoms with van der Waals surface area (Å²) in [7, 11) is 0. The van der Waals surface area contributed by atoms with E-state index in [9.17, 15) is 0 Å². The molecule has 1 nitrogen and oxygen atoms in total. The number of aryl methyl sites for hydroxylation is 3. The van der Waals surface area contributed by atoms with E-state index in [0.29, 0.717) is 0 Å². The highest BCUT2D eigenvalue weighted by Crippen LogP contribution is 1.99. The molecule has 1 aromatic rings. The number of unbranched alkanes of at least 4 members (excludes halogenated alkanes) is 2. The highest BCUT2D eigenvalue weighted by atomic mass is 14.9. The third-order valence-corrected chi connectivity index (χ3v) is 2.21. The van der Waals surface area contributed by atoms with E-state index in [1.54, 1.807) is 0 Å². The summed E-state index contributed by atoms with van der Waals surface area (Å²) in [6, 6.07) is 2.22. The zero-order valence-electron chi connectivity index (χ0n) is 9.01. The molecule has 13 heavy (non-hydrogen) atoms. The van der Waals surface area contributed by atoms with Crippen LogP contribution in [0.5, 0.6) is 0 Å². The summed E-state index contributed by atoms with van der Waals surface area (Å²) in [6.07, 6.45) is 8.38. The molecule has 0 atom stereocenters. The van der Waals surface area contributed by atoms with Crippen molar-refractivity contribution < 1.29 is 4.57 Å². The van der Waals surface area contributed by atoms with Crippen LogP contribution in [0, 0.1) is 13.8 Å². The van der Waals surface area contributed by atoms with Crippen molar-refractivity contribution >= 4 is 0 Å². The van der Waals surface area contributed by atoms with Gasteiger partial charge in [-0.2, -0.15) is 0 Å². The van der Waals surface area contributed by atoms with Crippen molar-refractivity contribution in [2.75, 3.05) is 0 Å². The molecule has 0 N–H and O–H groups in total. The lowest BCUT2D eigenvalue weighted by molar-refractivity contribution is -0.698. The third-order valence-electron chi connectivity index (χ3n) is 2.21. The summed E-state index contributed by atoms with van der Waals surface area (Å²) in [6.45, 7) is 7.72. The Morgan fingerprint density at radius 2 is 1.69 bits per heavy atom. The van der Waals surface area contributed by atoms with Gasteiger partial charge in [0.25, 0.3) is 0 Å². The lowest BCUT2D eigenvalue weighted by Crippen LogP contribution is -2.33. The van der Waals surface area contributed by atoms with Crippen LogP contribution >= 0.6 is 0 Å². The van der Waals surface area contributed by atoms with Crippen LogP contribution in [-0.2, 0) is 6.54 Å². The van der Waals surface area contributed by atoms with Gasteiger partial charge in [-0.15, -0.1) is 0 Å². The molecule has 0 amide bonds. The van der Waals surface area contributed by atoms with E-state index in [0.717, 1.165) is 6.54 Å². The van der Waals surface area contributed by atoms with Crippen LogP contribution < -0.4 is 4.57 Å². The molecule has 1 aromatic heterocycles. The highest BCUT2D eigenvalue weighted by molar-refractivity contribution is 5.11. The molecule has 0 saturated carbocycles. The zero-order chi connectivity index (χ0) is 9.68. The Kier molecular flexibility index (Phi) is 3.94. The summed E-state index contributed by atoms with van der Waals surface area (Å²) in [5, 5.41) is 0. The number of hydrogen-bond donors (Lipinski definition) is 0. The summed E-state index contributed by atoms with van der Waals surface area (Å²) in [4.78, 5) is 0. The molecule has 0 radical (unpaired) electrons. The van der Waals surface area contributed by atoms with E-state index in [-0.39, 0.29) is 0 Å². The molecule has 1 heteroatoms. The lowest BCUT2D eigenvalue weighted by atomic mass is 10.2. The molecular formula is C12H20N+. The van der Waals surface area contributed by atoms with E-state index in [1.165, 1.54) is 30.4 Å². The smallest absolute Gasteiger partial charge is 0.171 e. The number of nitrogens with zero attached hydrogens (tertiary/aromatic N) is 1. The van der Waals surface area contributed by atoms with Gasteiger partial charge in [-0.1, -0.05) is 13.3 Å². The first kappa shape index (κ1) is 10.2. The van der Waals surface area contributed by atoms with Crippen molar-refractivity contribution in [1.82, 2.24) is 0 Å². The maximum absolute atomic E-state index is 2.31.